The van der Waals surface area contributed by atoms with Gasteiger partial charge in [0.25, 0.3) is 0 Å². The highest BCUT2D eigenvalue weighted by molar-refractivity contribution is 5.01. The standard InChI is InChI=1S/C12H22O3/c13-10-11(4-1-2-5-11)12(14)6-3-8-15-9-7-12/h13-14H,1-10H2. The van der Waals surface area contributed by atoms with Crippen molar-refractivity contribution in [1.82, 2.24) is 0 Å². The molecule has 2 N–H and O–H groups in total. The molecule has 0 aromatic rings. The lowest BCUT2D eigenvalue weighted by Crippen LogP contribution is -2.49. The van der Waals surface area contributed by atoms with Gasteiger partial charge in [-0.05, 0) is 25.7 Å². The van der Waals surface area contributed by atoms with Crippen LogP contribution in [0.1, 0.15) is 44.9 Å². The fraction of sp³-hybridized carbons (Fsp3) is 1.00. The van der Waals surface area contributed by atoms with Crippen LogP contribution < -0.4 is 0 Å². The Bertz CT molecular complexity index is 201. The van der Waals surface area contributed by atoms with Gasteiger partial charge in [-0.3, -0.25) is 0 Å². The summed E-state index contributed by atoms with van der Waals surface area (Å²) in [5, 5.41) is 20.4. The van der Waals surface area contributed by atoms with Crippen molar-refractivity contribution in [3.63, 3.8) is 0 Å². The van der Waals surface area contributed by atoms with Crippen molar-refractivity contribution in [2.24, 2.45) is 5.41 Å². The summed E-state index contributed by atoms with van der Waals surface area (Å²) in [6.45, 7) is 1.52. The Hall–Kier alpha value is -0.120. The van der Waals surface area contributed by atoms with Gasteiger partial charge in [-0.15, -0.1) is 0 Å². The van der Waals surface area contributed by atoms with E-state index < -0.39 is 5.60 Å². The summed E-state index contributed by atoms with van der Waals surface area (Å²) in [7, 11) is 0. The quantitative estimate of drug-likeness (QED) is 0.732. The number of aliphatic hydroxyl groups is 2. The molecule has 0 aromatic carbocycles. The molecule has 1 aliphatic heterocycles. The lowest BCUT2D eigenvalue weighted by molar-refractivity contribution is -0.117. The molecule has 1 saturated carbocycles. The highest BCUT2D eigenvalue weighted by Crippen LogP contribution is 2.50. The van der Waals surface area contributed by atoms with Crippen molar-refractivity contribution in [2.75, 3.05) is 19.8 Å². The Morgan fingerprint density at radius 1 is 0.933 bits per heavy atom. The number of hydrogen-bond donors (Lipinski definition) is 2. The fourth-order valence-electron chi connectivity index (χ4n) is 3.29. The smallest absolute Gasteiger partial charge is 0.0748 e. The fourth-order valence-corrected chi connectivity index (χ4v) is 3.29. The molecule has 2 aliphatic rings. The molecule has 1 atom stereocenters. The van der Waals surface area contributed by atoms with Crippen LogP contribution in [0.2, 0.25) is 0 Å². The maximum absolute atomic E-state index is 10.8. The minimum absolute atomic E-state index is 0.128. The van der Waals surface area contributed by atoms with Crippen molar-refractivity contribution in [3.8, 4) is 0 Å². The van der Waals surface area contributed by atoms with E-state index in [9.17, 15) is 10.2 Å². The van der Waals surface area contributed by atoms with Gasteiger partial charge in [0.15, 0.2) is 0 Å². The van der Waals surface area contributed by atoms with Crippen LogP contribution in [0.5, 0.6) is 0 Å². The molecule has 0 bridgehead atoms. The van der Waals surface area contributed by atoms with Crippen molar-refractivity contribution < 1.29 is 14.9 Å². The minimum atomic E-state index is -0.686. The van der Waals surface area contributed by atoms with Gasteiger partial charge in [-0.25, -0.2) is 0 Å². The van der Waals surface area contributed by atoms with Crippen LogP contribution in [0.25, 0.3) is 0 Å². The van der Waals surface area contributed by atoms with E-state index in [1.54, 1.807) is 0 Å². The zero-order valence-electron chi connectivity index (χ0n) is 9.37. The average Bonchev–Trinajstić information content (AvgIpc) is 2.64. The summed E-state index contributed by atoms with van der Waals surface area (Å²) in [5.41, 5.74) is -0.921. The first-order chi connectivity index (χ1) is 7.22. The predicted molar refractivity (Wildman–Crippen MR) is 57.6 cm³/mol. The van der Waals surface area contributed by atoms with Gasteiger partial charge in [0.05, 0.1) is 12.2 Å². The van der Waals surface area contributed by atoms with Gasteiger partial charge < -0.3 is 14.9 Å². The van der Waals surface area contributed by atoms with E-state index in [-0.39, 0.29) is 12.0 Å². The Morgan fingerprint density at radius 2 is 1.67 bits per heavy atom. The van der Waals surface area contributed by atoms with E-state index >= 15 is 0 Å². The molecule has 3 heteroatoms. The molecule has 0 aromatic heterocycles. The van der Waals surface area contributed by atoms with Crippen molar-refractivity contribution in [2.45, 2.75) is 50.5 Å². The largest absolute Gasteiger partial charge is 0.396 e. The molecule has 0 radical (unpaired) electrons. The van der Waals surface area contributed by atoms with Crippen molar-refractivity contribution in [1.29, 1.82) is 0 Å². The van der Waals surface area contributed by atoms with Gasteiger partial charge in [0.1, 0.15) is 0 Å². The molecule has 3 nitrogen and oxygen atoms in total. The zero-order chi connectivity index (χ0) is 10.8. The summed E-state index contributed by atoms with van der Waals surface area (Å²) in [6.07, 6.45) is 6.62. The van der Waals surface area contributed by atoms with Gasteiger partial charge in [0.2, 0.25) is 0 Å². The van der Waals surface area contributed by atoms with E-state index in [0.717, 1.165) is 45.1 Å². The summed E-state index contributed by atoms with van der Waals surface area (Å²) >= 11 is 0. The lowest BCUT2D eigenvalue weighted by Gasteiger charge is -2.43. The van der Waals surface area contributed by atoms with E-state index in [0.29, 0.717) is 13.0 Å². The molecule has 2 fully saturated rings. The Kier molecular flexibility index (Phi) is 3.33. The normalized spacial score (nSPS) is 36.4. The molecular formula is C12H22O3. The molecule has 0 spiro atoms. The van der Waals surface area contributed by atoms with Gasteiger partial charge in [-0.2, -0.15) is 0 Å². The Labute approximate surface area is 91.4 Å². The highest BCUT2D eigenvalue weighted by atomic mass is 16.5. The number of rotatable bonds is 2. The summed E-state index contributed by atoms with van der Waals surface area (Å²) in [4.78, 5) is 0. The number of hydrogen-bond acceptors (Lipinski definition) is 3. The van der Waals surface area contributed by atoms with Gasteiger partial charge in [0, 0.05) is 25.0 Å². The number of aliphatic hydroxyl groups excluding tert-OH is 1. The van der Waals surface area contributed by atoms with Gasteiger partial charge in [-0.1, -0.05) is 12.8 Å². The second-order valence-electron chi connectivity index (χ2n) is 5.14. The molecular weight excluding hydrogens is 192 g/mol. The van der Waals surface area contributed by atoms with Crippen LogP contribution in [0, 0.1) is 5.41 Å². The lowest BCUT2D eigenvalue weighted by atomic mass is 9.67. The van der Waals surface area contributed by atoms with Crippen LogP contribution in [0.15, 0.2) is 0 Å². The van der Waals surface area contributed by atoms with E-state index in [1.807, 2.05) is 0 Å². The maximum Gasteiger partial charge on any atom is 0.0748 e. The molecule has 1 unspecified atom stereocenters. The first-order valence-electron chi connectivity index (χ1n) is 6.13. The molecule has 88 valence electrons. The number of ether oxygens (including phenoxy) is 1. The summed E-state index contributed by atoms with van der Waals surface area (Å²) in [6, 6.07) is 0. The highest BCUT2D eigenvalue weighted by Gasteiger charge is 2.50. The first-order valence-corrected chi connectivity index (χ1v) is 6.13. The monoisotopic (exact) mass is 214 g/mol. The zero-order valence-corrected chi connectivity index (χ0v) is 9.37. The van der Waals surface area contributed by atoms with E-state index in [4.69, 9.17) is 4.74 Å². The van der Waals surface area contributed by atoms with Gasteiger partial charge >= 0.3 is 0 Å². The third-order valence-electron chi connectivity index (χ3n) is 4.39. The second kappa shape index (κ2) is 4.40. The van der Waals surface area contributed by atoms with Crippen LogP contribution in [-0.2, 0) is 4.74 Å². The topological polar surface area (TPSA) is 49.7 Å². The molecule has 1 saturated heterocycles. The molecule has 1 aliphatic carbocycles. The third-order valence-corrected chi connectivity index (χ3v) is 4.39. The Morgan fingerprint density at radius 3 is 2.33 bits per heavy atom. The average molecular weight is 214 g/mol. The van der Waals surface area contributed by atoms with E-state index in [1.165, 1.54) is 0 Å². The molecule has 1 heterocycles. The predicted octanol–water partition coefficient (Wildman–Crippen LogP) is 1.47. The van der Waals surface area contributed by atoms with Crippen LogP contribution in [-0.4, -0.2) is 35.6 Å². The molecule has 2 rings (SSSR count). The van der Waals surface area contributed by atoms with Crippen LogP contribution in [0.4, 0.5) is 0 Å². The first kappa shape index (κ1) is 11.4. The summed E-state index contributed by atoms with van der Waals surface area (Å²) in [5.74, 6) is 0. The maximum atomic E-state index is 10.8. The summed E-state index contributed by atoms with van der Waals surface area (Å²) < 4.78 is 5.40. The molecule has 0 amide bonds. The SMILES string of the molecule is OCC1(C2(O)CCCOCC2)CCCC1. The molecule has 15 heavy (non-hydrogen) atoms. The van der Waals surface area contributed by atoms with Crippen molar-refractivity contribution in [3.05, 3.63) is 0 Å². The van der Waals surface area contributed by atoms with Crippen molar-refractivity contribution >= 4 is 0 Å². The minimum Gasteiger partial charge on any atom is -0.396 e. The van der Waals surface area contributed by atoms with E-state index in [2.05, 4.69) is 0 Å². The van der Waals surface area contributed by atoms with Crippen LogP contribution in [0.3, 0.4) is 0 Å². The third kappa shape index (κ3) is 1.93. The van der Waals surface area contributed by atoms with Crippen LogP contribution >= 0.6 is 0 Å². The second-order valence-corrected chi connectivity index (χ2v) is 5.14. The Balaban J connectivity index is 2.16.